The lowest BCUT2D eigenvalue weighted by molar-refractivity contribution is 0.573. The van der Waals surface area contributed by atoms with Gasteiger partial charge >= 0.3 is 0 Å². The molecule has 0 saturated carbocycles. The normalized spacial score (nSPS) is 11.0. The lowest BCUT2D eigenvalue weighted by Crippen LogP contribution is -2.03. The van der Waals surface area contributed by atoms with Crippen LogP contribution in [0.4, 0.5) is 0 Å². The quantitative estimate of drug-likeness (QED) is 0.502. The van der Waals surface area contributed by atoms with E-state index in [0.29, 0.717) is 17.4 Å². The van der Waals surface area contributed by atoms with Crippen molar-refractivity contribution >= 4 is 28.6 Å². The van der Waals surface area contributed by atoms with E-state index in [4.69, 9.17) is 0 Å². The number of halogens is 1. The van der Waals surface area contributed by atoms with E-state index in [0.717, 1.165) is 26.9 Å². The Kier molecular flexibility index (Phi) is 4.60. The second-order valence-corrected chi connectivity index (χ2v) is 7.19. The van der Waals surface area contributed by atoms with Gasteiger partial charge in [0.15, 0.2) is 0 Å². The standard InChI is InChI=1S/C18H15BrN6S/c1-12-4-2-3-5-16(12)25-18(26)15(10-20-25)17-21-23-24(22-17)11-13-6-8-14(19)9-7-13/h2-10,26H,11H2,1H3. The highest BCUT2D eigenvalue weighted by atomic mass is 79.9. The zero-order valence-electron chi connectivity index (χ0n) is 13.9. The van der Waals surface area contributed by atoms with E-state index in [-0.39, 0.29) is 0 Å². The van der Waals surface area contributed by atoms with Crippen molar-refractivity contribution in [2.24, 2.45) is 0 Å². The third-order valence-electron chi connectivity index (χ3n) is 4.02. The Balaban J connectivity index is 1.62. The highest BCUT2D eigenvalue weighted by Crippen LogP contribution is 2.26. The number of aromatic nitrogens is 6. The number of benzene rings is 2. The average Bonchev–Trinajstić information content (AvgIpc) is 3.24. The summed E-state index contributed by atoms with van der Waals surface area (Å²) in [6.45, 7) is 2.59. The summed E-state index contributed by atoms with van der Waals surface area (Å²) < 4.78 is 2.82. The second-order valence-electron chi connectivity index (χ2n) is 5.85. The molecule has 0 unspecified atom stereocenters. The van der Waals surface area contributed by atoms with Crippen LogP contribution in [0, 0.1) is 6.92 Å². The Bertz CT molecular complexity index is 1050. The second kappa shape index (κ2) is 7.05. The van der Waals surface area contributed by atoms with Gasteiger partial charge in [0.05, 0.1) is 24.0 Å². The van der Waals surface area contributed by atoms with Gasteiger partial charge in [0.2, 0.25) is 5.82 Å². The van der Waals surface area contributed by atoms with Gasteiger partial charge in [-0.05, 0) is 41.5 Å². The predicted octanol–water partition coefficient (Wildman–Crippen LogP) is 3.93. The molecule has 6 nitrogen and oxygen atoms in total. The minimum atomic E-state index is 0.506. The maximum atomic E-state index is 4.63. The zero-order chi connectivity index (χ0) is 18.1. The Labute approximate surface area is 164 Å². The monoisotopic (exact) mass is 426 g/mol. The maximum absolute atomic E-state index is 4.63. The van der Waals surface area contributed by atoms with Crippen LogP contribution in [0.5, 0.6) is 0 Å². The molecule has 0 aliphatic carbocycles. The molecule has 0 bridgehead atoms. The zero-order valence-corrected chi connectivity index (χ0v) is 16.4. The van der Waals surface area contributed by atoms with Crippen LogP contribution in [-0.4, -0.2) is 30.0 Å². The molecule has 0 aliphatic rings. The summed E-state index contributed by atoms with van der Waals surface area (Å²) in [5, 5.41) is 17.9. The molecule has 0 amide bonds. The Morgan fingerprint density at radius 1 is 1.08 bits per heavy atom. The molecule has 0 saturated heterocycles. The van der Waals surface area contributed by atoms with Crippen LogP contribution in [0.3, 0.4) is 0 Å². The van der Waals surface area contributed by atoms with Gasteiger partial charge in [-0.1, -0.05) is 46.3 Å². The number of rotatable bonds is 4. The molecule has 26 heavy (non-hydrogen) atoms. The van der Waals surface area contributed by atoms with Crippen molar-refractivity contribution in [1.29, 1.82) is 0 Å². The van der Waals surface area contributed by atoms with Crippen LogP contribution in [-0.2, 0) is 6.54 Å². The van der Waals surface area contributed by atoms with Crippen LogP contribution in [0.25, 0.3) is 17.1 Å². The van der Waals surface area contributed by atoms with Crippen molar-refractivity contribution < 1.29 is 0 Å². The van der Waals surface area contributed by atoms with E-state index in [1.807, 2.05) is 55.5 Å². The molecular weight excluding hydrogens is 412 g/mol. The van der Waals surface area contributed by atoms with Gasteiger partial charge in [0.25, 0.3) is 0 Å². The van der Waals surface area contributed by atoms with Gasteiger partial charge in [0.1, 0.15) is 5.03 Å². The third-order valence-corrected chi connectivity index (χ3v) is 4.98. The van der Waals surface area contributed by atoms with Gasteiger partial charge in [-0.25, -0.2) is 4.68 Å². The third kappa shape index (κ3) is 3.30. The minimum absolute atomic E-state index is 0.506. The van der Waals surface area contributed by atoms with Crippen molar-refractivity contribution in [1.82, 2.24) is 30.0 Å². The topological polar surface area (TPSA) is 61.4 Å². The first kappa shape index (κ1) is 17.0. The number of thiol groups is 1. The number of nitrogens with zero attached hydrogens (tertiary/aromatic N) is 6. The highest BCUT2D eigenvalue weighted by Gasteiger charge is 2.16. The molecule has 2 aromatic heterocycles. The van der Waals surface area contributed by atoms with Crippen molar-refractivity contribution in [3.8, 4) is 17.1 Å². The van der Waals surface area contributed by atoms with Crippen molar-refractivity contribution in [2.75, 3.05) is 0 Å². The molecule has 4 rings (SSSR count). The van der Waals surface area contributed by atoms with Crippen LogP contribution in [0.15, 0.2) is 64.2 Å². The van der Waals surface area contributed by atoms with Crippen LogP contribution >= 0.6 is 28.6 Å². The van der Waals surface area contributed by atoms with E-state index in [1.54, 1.807) is 15.7 Å². The van der Waals surface area contributed by atoms with Gasteiger partial charge in [0, 0.05) is 4.47 Å². The van der Waals surface area contributed by atoms with Crippen molar-refractivity contribution in [2.45, 2.75) is 18.5 Å². The Morgan fingerprint density at radius 2 is 1.85 bits per heavy atom. The van der Waals surface area contributed by atoms with E-state index in [2.05, 4.69) is 49.1 Å². The molecule has 8 heteroatoms. The molecule has 0 aliphatic heterocycles. The van der Waals surface area contributed by atoms with E-state index in [9.17, 15) is 0 Å². The Morgan fingerprint density at radius 3 is 2.62 bits per heavy atom. The summed E-state index contributed by atoms with van der Waals surface area (Å²) in [6, 6.07) is 16.0. The number of aryl methyl sites for hydroxylation is 1. The van der Waals surface area contributed by atoms with Gasteiger partial charge in [-0.3, -0.25) is 0 Å². The molecule has 0 N–H and O–H groups in total. The van der Waals surface area contributed by atoms with Crippen LogP contribution < -0.4 is 0 Å². The summed E-state index contributed by atoms with van der Waals surface area (Å²) in [5.41, 5.74) is 3.94. The first-order valence-corrected chi connectivity index (χ1v) is 9.21. The van der Waals surface area contributed by atoms with Crippen molar-refractivity contribution in [3.63, 3.8) is 0 Å². The van der Waals surface area contributed by atoms with Crippen LogP contribution in [0.1, 0.15) is 11.1 Å². The molecule has 2 aromatic carbocycles. The average molecular weight is 427 g/mol. The maximum Gasteiger partial charge on any atom is 0.209 e. The number of hydrogen-bond donors (Lipinski definition) is 1. The molecule has 4 aromatic rings. The molecule has 2 heterocycles. The van der Waals surface area contributed by atoms with E-state index >= 15 is 0 Å². The molecule has 0 atom stereocenters. The van der Waals surface area contributed by atoms with Gasteiger partial charge in [-0.15, -0.1) is 22.8 Å². The van der Waals surface area contributed by atoms with Gasteiger partial charge in [-0.2, -0.15) is 9.90 Å². The first-order valence-electron chi connectivity index (χ1n) is 7.97. The number of para-hydroxylation sites is 1. The van der Waals surface area contributed by atoms with Crippen molar-refractivity contribution in [3.05, 3.63) is 70.3 Å². The molecule has 0 fully saturated rings. The smallest absolute Gasteiger partial charge is 0.209 e. The highest BCUT2D eigenvalue weighted by molar-refractivity contribution is 9.10. The first-order chi connectivity index (χ1) is 12.6. The minimum Gasteiger partial charge on any atom is -0.226 e. The Hall–Kier alpha value is -2.45. The molecule has 0 radical (unpaired) electrons. The fourth-order valence-corrected chi connectivity index (χ4v) is 3.23. The lowest BCUT2D eigenvalue weighted by Gasteiger charge is -2.07. The predicted molar refractivity (Wildman–Crippen MR) is 106 cm³/mol. The van der Waals surface area contributed by atoms with Gasteiger partial charge < -0.3 is 0 Å². The summed E-state index contributed by atoms with van der Waals surface area (Å²) in [7, 11) is 0. The lowest BCUT2D eigenvalue weighted by atomic mass is 10.2. The largest absolute Gasteiger partial charge is 0.226 e. The fourth-order valence-electron chi connectivity index (χ4n) is 2.65. The van der Waals surface area contributed by atoms with E-state index in [1.165, 1.54) is 0 Å². The molecular formula is C18H15BrN6S. The summed E-state index contributed by atoms with van der Waals surface area (Å²) in [5.74, 6) is 0.506. The summed E-state index contributed by atoms with van der Waals surface area (Å²) in [6.07, 6.45) is 1.72. The summed E-state index contributed by atoms with van der Waals surface area (Å²) in [4.78, 5) is 1.57. The summed E-state index contributed by atoms with van der Waals surface area (Å²) >= 11 is 8.06. The number of tetrazole rings is 1. The fraction of sp³-hybridized carbons (Fsp3) is 0.111. The molecule has 130 valence electrons. The molecule has 0 spiro atoms. The SMILES string of the molecule is Cc1ccccc1-n1ncc(-c2nnn(Cc3ccc(Br)cc3)n2)c1S. The van der Waals surface area contributed by atoms with E-state index < -0.39 is 0 Å². The number of hydrogen-bond acceptors (Lipinski definition) is 5. The van der Waals surface area contributed by atoms with Crippen LogP contribution in [0.2, 0.25) is 0 Å².